The minimum Gasteiger partial charge on any atom is -0.396 e. The second-order valence-electron chi connectivity index (χ2n) is 5.79. The van der Waals surface area contributed by atoms with E-state index in [1.54, 1.807) is 23.1 Å². The predicted molar refractivity (Wildman–Crippen MR) is 79.1 cm³/mol. The van der Waals surface area contributed by atoms with Gasteiger partial charge in [0, 0.05) is 32.2 Å². The summed E-state index contributed by atoms with van der Waals surface area (Å²) >= 11 is 0. The molecule has 4 nitrogen and oxygen atoms in total. The molecule has 116 valence electrons. The molecule has 2 unspecified atom stereocenters. The van der Waals surface area contributed by atoms with E-state index >= 15 is 0 Å². The number of aliphatic hydroxyl groups is 1. The maximum Gasteiger partial charge on any atom is 0.224 e. The fourth-order valence-electron chi connectivity index (χ4n) is 2.81. The Labute approximate surface area is 124 Å². The zero-order valence-electron chi connectivity index (χ0n) is 12.2. The van der Waals surface area contributed by atoms with Crippen LogP contribution in [0, 0.1) is 11.7 Å². The lowest BCUT2D eigenvalue weighted by Crippen LogP contribution is -2.43. The molecule has 2 rings (SSSR count). The molecule has 1 aliphatic heterocycles. The topological polar surface area (TPSA) is 66.6 Å². The highest BCUT2D eigenvalue weighted by Gasteiger charge is 2.24. The number of nitrogens with zero attached hydrogens (tertiary/aromatic N) is 1. The lowest BCUT2D eigenvalue weighted by Gasteiger charge is -2.32. The van der Waals surface area contributed by atoms with Crippen molar-refractivity contribution in [3.05, 3.63) is 35.6 Å². The summed E-state index contributed by atoms with van der Waals surface area (Å²) in [4.78, 5) is 14.0. The van der Waals surface area contributed by atoms with Crippen molar-refractivity contribution in [3.63, 3.8) is 0 Å². The van der Waals surface area contributed by atoms with Crippen LogP contribution in [0.5, 0.6) is 0 Å². The van der Waals surface area contributed by atoms with Crippen molar-refractivity contribution in [2.24, 2.45) is 11.7 Å². The van der Waals surface area contributed by atoms with E-state index in [9.17, 15) is 14.3 Å². The van der Waals surface area contributed by atoms with Crippen LogP contribution < -0.4 is 5.73 Å². The molecular weight excluding hydrogens is 271 g/mol. The number of rotatable bonds is 5. The molecule has 0 radical (unpaired) electrons. The minimum atomic E-state index is -0.385. The maximum absolute atomic E-state index is 13.6. The van der Waals surface area contributed by atoms with Crippen LogP contribution in [0.3, 0.4) is 0 Å². The molecule has 1 saturated heterocycles. The molecule has 21 heavy (non-hydrogen) atoms. The van der Waals surface area contributed by atoms with Crippen molar-refractivity contribution >= 4 is 5.91 Å². The third kappa shape index (κ3) is 4.51. The number of nitrogens with two attached hydrogens (primary N) is 1. The summed E-state index contributed by atoms with van der Waals surface area (Å²) in [6, 6.07) is 6.12. The number of piperidine rings is 1. The van der Waals surface area contributed by atoms with Crippen LogP contribution in [-0.2, 0) is 11.2 Å². The third-order valence-electron chi connectivity index (χ3n) is 4.01. The van der Waals surface area contributed by atoms with Gasteiger partial charge in [0.2, 0.25) is 5.91 Å². The summed E-state index contributed by atoms with van der Waals surface area (Å²) in [6.07, 6.45) is 2.45. The van der Waals surface area contributed by atoms with Crippen molar-refractivity contribution in [2.75, 3.05) is 19.7 Å². The monoisotopic (exact) mass is 294 g/mol. The molecular formula is C16H23FN2O2. The van der Waals surface area contributed by atoms with Crippen LogP contribution in [0.4, 0.5) is 4.39 Å². The molecule has 1 aromatic carbocycles. The molecule has 1 fully saturated rings. The van der Waals surface area contributed by atoms with Crippen molar-refractivity contribution in [1.29, 1.82) is 0 Å². The van der Waals surface area contributed by atoms with E-state index in [4.69, 9.17) is 5.73 Å². The number of likely N-dealkylation sites (tertiary alicyclic amines) is 1. The summed E-state index contributed by atoms with van der Waals surface area (Å²) < 4.78 is 13.6. The fourth-order valence-corrected chi connectivity index (χ4v) is 2.81. The van der Waals surface area contributed by atoms with Gasteiger partial charge in [-0.1, -0.05) is 18.2 Å². The smallest absolute Gasteiger partial charge is 0.224 e. The molecule has 0 spiro atoms. The molecule has 2 atom stereocenters. The van der Waals surface area contributed by atoms with Crippen LogP contribution in [0.2, 0.25) is 0 Å². The molecule has 0 aromatic heterocycles. The average molecular weight is 294 g/mol. The lowest BCUT2D eigenvalue weighted by atomic mass is 9.97. The Hall–Kier alpha value is -1.46. The van der Waals surface area contributed by atoms with Gasteiger partial charge in [-0.3, -0.25) is 4.79 Å². The zero-order chi connectivity index (χ0) is 15.2. The number of benzene rings is 1. The highest BCUT2D eigenvalue weighted by Crippen LogP contribution is 2.17. The largest absolute Gasteiger partial charge is 0.396 e. The number of aliphatic hydroxyl groups excluding tert-OH is 1. The van der Waals surface area contributed by atoms with Crippen molar-refractivity contribution in [3.8, 4) is 0 Å². The number of hydrogen-bond acceptors (Lipinski definition) is 3. The molecule has 1 aromatic rings. The molecule has 1 amide bonds. The Morgan fingerprint density at radius 3 is 2.95 bits per heavy atom. The standard InChI is InChI=1S/C16H23FN2O2/c17-15-6-2-1-5-13(15)8-14(18)9-16(21)19-7-3-4-12(10-19)11-20/h1-2,5-6,12,14,20H,3-4,7-11,18H2. The second kappa shape index (κ2) is 7.52. The van der Waals surface area contributed by atoms with Crippen LogP contribution in [0.1, 0.15) is 24.8 Å². The molecule has 0 aliphatic carbocycles. The lowest BCUT2D eigenvalue weighted by molar-refractivity contribution is -0.133. The Kier molecular flexibility index (Phi) is 5.70. The van der Waals surface area contributed by atoms with Gasteiger partial charge in [0.15, 0.2) is 0 Å². The van der Waals surface area contributed by atoms with E-state index in [2.05, 4.69) is 0 Å². The van der Waals surface area contributed by atoms with Gasteiger partial charge in [0.05, 0.1) is 0 Å². The van der Waals surface area contributed by atoms with E-state index in [1.807, 2.05) is 0 Å². The van der Waals surface area contributed by atoms with Gasteiger partial charge in [0.25, 0.3) is 0 Å². The van der Waals surface area contributed by atoms with E-state index in [1.165, 1.54) is 6.07 Å². The molecule has 5 heteroatoms. The first-order chi connectivity index (χ1) is 10.1. The Morgan fingerprint density at radius 1 is 1.48 bits per heavy atom. The van der Waals surface area contributed by atoms with Gasteiger partial charge >= 0.3 is 0 Å². The van der Waals surface area contributed by atoms with Crippen molar-refractivity contribution < 1.29 is 14.3 Å². The summed E-state index contributed by atoms with van der Waals surface area (Å²) in [5, 5.41) is 9.19. The van der Waals surface area contributed by atoms with Crippen molar-refractivity contribution in [2.45, 2.75) is 31.7 Å². The van der Waals surface area contributed by atoms with E-state index in [0.717, 1.165) is 19.4 Å². The predicted octanol–water partition coefficient (Wildman–Crippen LogP) is 1.32. The highest BCUT2D eigenvalue weighted by molar-refractivity contribution is 5.77. The Bertz CT molecular complexity index is 481. The summed E-state index contributed by atoms with van der Waals surface area (Å²) in [5.74, 6) is -0.110. The van der Waals surface area contributed by atoms with E-state index < -0.39 is 0 Å². The molecule has 0 bridgehead atoms. The Morgan fingerprint density at radius 2 is 2.24 bits per heavy atom. The highest BCUT2D eigenvalue weighted by atomic mass is 19.1. The van der Waals surface area contributed by atoms with Crippen LogP contribution in [0.15, 0.2) is 24.3 Å². The van der Waals surface area contributed by atoms with Gasteiger partial charge < -0.3 is 15.7 Å². The van der Waals surface area contributed by atoms with Crippen molar-refractivity contribution in [1.82, 2.24) is 4.90 Å². The van der Waals surface area contributed by atoms with E-state index in [0.29, 0.717) is 18.5 Å². The normalized spacial score (nSPS) is 20.3. The number of hydrogen-bond donors (Lipinski definition) is 2. The molecule has 1 aliphatic rings. The first-order valence-corrected chi connectivity index (χ1v) is 7.47. The zero-order valence-corrected chi connectivity index (χ0v) is 12.2. The second-order valence-corrected chi connectivity index (χ2v) is 5.79. The fraction of sp³-hybridized carbons (Fsp3) is 0.562. The van der Waals surface area contributed by atoms with E-state index in [-0.39, 0.29) is 36.7 Å². The number of amides is 1. The Balaban J connectivity index is 1.86. The third-order valence-corrected chi connectivity index (χ3v) is 4.01. The summed E-state index contributed by atoms with van der Waals surface area (Å²) in [7, 11) is 0. The molecule has 1 heterocycles. The summed E-state index contributed by atoms with van der Waals surface area (Å²) in [6.45, 7) is 1.44. The van der Waals surface area contributed by atoms with Gasteiger partial charge in [0.1, 0.15) is 5.82 Å². The van der Waals surface area contributed by atoms with Gasteiger partial charge in [-0.25, -0.2) is 4.39 Å². The van der Waals surface area contributed by atoms with Gasteiger partial charge in [-0.2, -0.15) is 0 Å². The number of halogens is 1. The quantitative estimate of drug-likeness (QED) is 0.860. The molecule has 3 N–H and O–H groups in total. The number of carbonyl (C=O) groups is 1. The minimum absolute atomic E-state index is 0.00279. The summed E-state index contributed by atoms with van der Waals surface area (Å²) in [5.41, 5.74) is 6.53. The van der Waals surface area contributed by atoms with Gasteiger partial charge in [-0.15, -0.1) is 0 Å². The molecule has 0 saturated carbocycles. The number of carbonyl (C=O) groups excluding carboxylic acids is 1. The van der Waals surface area contributed by atoms with Crippen LogP contribution >= 0.6 is 0 Å². The van der Waals surface area contributed by atoms with Crippen LogP contribution in [0.25, 0.3) is 0 Å². The first-order valence-electron chi connectivity index (χ1n) is 7.47. The first kappa shape index (κ1) is 15.9. The van der Waals surface area contributed by atoms with Gasteiger partial charge in [-0.05, 0) is 36.8 Å². The average Bonchev–Trinajstić information content (AvgIpc) is 2.49. The SMILES string of the molecule is NC(CC(=O)N1CCCC(CO)C1)Cc1ccccc1F. The maximum atomic E-state index is 13.6. The van der Waals surface area contributed by atoms with Crippen LogP contribution in [-0.4, -0.2) is 41.7 Å².